The first-order valence-corrected chi connectivity index (χ1v) is 11.6. The van der Waals surface area contributed by atoms with Crippen molar-refractivity contribution in [1.29, 1.82) is 0 Å². The molecule has 3 rings (SSSR count). The third kappa shape index (κ3) is 6.45. The maximum atomic E-state index is 12.4. The fraction of sp³-hybridized carbons (Fsp3) is 0.261. The van der Waals surface area contributed by atoms with Crippen LogP contribution >= 0.6 is 27.7 Å². The molecule has 0 aliphatic heterocycles. The lowest BCUT2D eigenvalue weighted by atomic mass is 10.1. The van der Waals surface area contributed by atoms with E-state index in [2.05, 4.69) is 44.1 Å². The third-order valence-electron chi connectivity index (χ3n) is 4.40. The minimum Gasteiger partial charge on any atom is -0.486 e. The Bertz CT molecular complexity index is 1080. The number of hydrogen-bond donors (Lipinski definition) is 1. The minimum atomic E-state index is -0.115. The lowest BCUT2D eigenvalue weighted by Gasteiger charge is -2.11. The summed E-state index contributed by atoms with van der Waals surface area (Å²) in [6.07, 6.45) is 1.78. The number of ether oxygens (including phenoxy) is 1. The highest BCUT2D eigenvalue weighted by Crippen LogP contribution is 2.25. The standard InChI is InChI=1S/C23H25BrN4O2S/c1-5-8-28-21(13-30-18-10-16(3)9-17(4)11-18)26-27-23(28)31-14-22(29)25-20-7-6-15(2)12-19(20)24/h5-7,9-12H,1,8,13-14H2,2-4H3,(H,25,29). The number of hydrogen-bond acceptors (Lipinski definition) is 5. The summed E-state index contributed by atoms with van der Waals surface area (Å²) in [7, 11) is 0. The van der Waals surface area contributed by atoms with Crippen LogP contribution in [0.2, 0.25) is 0 Å². The van der Waals surface area contributed by atoms with Gasteiger partial charge in [0, 0.05) is 11.0 Å². The van der Waals surface area contributed by atoms with E-state index in [0.717, 1.165) is 32.6 Å². The lowest BCUT2D eigenvalue weighted by Crippen LogP contribution is -2.15. The molecule has 8 heteroatoms. The van der Waals surface area contributed by atoms with E-state index in [1.165, 1.54) is 11.8 Å². The summed E-state index contributed by atoms with van der Waals surface area (Å²) in [4.78, 5) is 12.4. The predicted octanol–water partition coefficient (Wildman–Crippen LogP) is 5.46. The molecule has 0 spiro atoms. The predicted molar refractivity (Wildman–Crippen MR) is 129 cm³/mol. The normalized spacial score (nSPS) is 10.7. The van der Waals surface area contributed by atoms with Crippen LogP contribution in [-0.4, -0.2) is 26.4 Å². The maximum absolute atomic E-state index is 12.4. The van der Waals surface area contributed by atoms with Gasteiger partial charge in [-0.2, -0.15) is 0 Å². The molecule has 1 N–H and O–H groups in total. The third-order valence-corrected chi connectivity index (χ3v) is 6.02. The second kappa shape index (κ2) is 10.6. The summed E-state index contributed by atoms with van der Waals surface area (Å²) in [6.45, 7) is 10.7. The summed E-state index contributed by atoms with van der Waals surface area (Å²) in [6, 6.07) is 11.9. The summed E-state index contributed by atoms with van der Waals surface area (Å²) >= 11 is 4.81. The maximum Gasteiger partial charge on any atom is 0.234 e. The number of aryl methyl sites for hydroxylation is 3. The van der Waals surface area contributed by atoms with Crippen molar-refractivity contribution in [2.24, 2.45) is 0 Å². The zero-order valence-corrected chi connectivity index (χ0v) is 20.2. The van der Waals surface area contributed by atoms with Gasteiger partial charge >= 0.3 is 0 Å². The molecule has 162 valence electrons. The Labute approximate surface area is 195 Å². The first kappa shape index (κ1) is 23.1. The van der Waals surface area contributed by atoms with Crippen LogP contribution in [0.5, 0.6) is 5.75 Å². The van der Waals surface area contributed by atoms with Crippen molar-refractivity contribution in [1.82, 2.24) is 14.8 Å². The zero-order chi connectivity index (χ0) is 22.4. The van der Waals surface area contributed by atoms with Crippen LogP contribution in [0.25, 0.3) is 0 Å². The van der Waals surface area contributed by atoms with E-state index in [4.69, 9.17) is 4.74 Å². The number of thioether (sulfide) groups is 1. The molecule has 0 atom stereocenters. The fourth-order valence-corrected chi connectivity index (χ4v) is 4.41. The molecule has 0 saturated carbocycles. The van der Waals surface area contributed by atoms with Gasteiger partial charge in [-0.25, -0.2) is 0 Å². The molecule has 2 aromatic carbocycles. The van der Waals surface area contributed by atoms with Crippen molar-refractivity contribution >= 4 is 39.3 Å². The molecule has 0 saturated heterocycles. The van der Waals surface area contributed by atoms with Gasteiger partial charge in [-0.3, -0.25) is 9.36 Å². The molecule has 1 aromatic heterocycles. The number of carbonyl (C=O) groups excluding carboxylic acids is 1. The largest absolute Gasteiger partial charge is 0.486 e. The highest BCUT2D eigenvalue weighted by Gasteiger charge is 2.15. The Morgan fingerprint density at radius 3 is 2.58 bits per heavy atom. The van der Waals surface area contributed by atoms with Crippen molar-refractivity contribution in [3.63, 3.8) is 0 Å². The van der Waals surface area contributed by atoms with Gasteiger partial charge < -0.3 is 10.1 Å². The van der Waals surface area contributed by atoms with Crippen LogP contribution in [-0.2, 0) is 17.9 Å². The quantitative estimate of drug-likeness (QED) is 0.312. The van der Waals surface area contributed by atoms with Crippen LogP contribution in [0.15, 0.2) is 58.7 Å². The van der Waals surface area contributed by atoms with Gasteiger partial charge in [-0.1, -0.05) is 30.0 Å². The van der Waals surface area contributed by atoms with E-state index in [1.54, 1.807) is 6.08 Å². The molecule has 0 radical (unpaired) electrons. The Kier molecular flexibility index (Phi) is 7.92. The molecule has 0 bridgehead atoms. The van der Waals surface area contributed by atoms with Crippen LogP contribution in [0, 0.1) is 20.8 Å². The smallest absolute Gasteiger partial charge is 0.234 e. The summed E-state index contributed by atoms with van der Waals surface area (Å²) < 4.78 is 8.70. The van der Waals surface area contributed by atoms with E-state index in [-0.39, 0.29) is 18.3 Å². The number of allylic oxidation sites excluding steroid dienone is 1. The fourth-order valence-electron chi connectivity index (χ4n) is 3.05. The van der Waals surface area contributed by atoms with Crippen LogP contribution in [0.1, 0.15) is 22.5 Å². The number of aromatic nitrogens is 3. The first-order valence-electron chi connectivity index (χ1n) is 9.78. The van der Waals surface area contributed by atoms with Gasteiger partial charge in [0.1, 0.15) is 12.4 Å². The van der Waals surface area contributed by atoms with Gasteiger partial charge in [0.2, 0.25) is 5.91 Å². The molecule has 31 heavy (non-hydrogen) atoms. The number of nitrogens with zero attached hydrogens (tertiary/aromatic N) is 3. The highest BCUT2D eigenvalue weighted by atomic mass is 79.9. The van der Waals surface area contributed by atoms with Gasteiger partial charge in [0.05, 0.1) is 11.4 Å². The van der Waals surface area contributed by atoms with Crippen molar-refractivity contribution in [2.75, 3.05) is 11.1 Å². The van der Waals surface area contributed by atoms with E-state index in [9.17, 15) is 4.79 Å². The molecule has 6 nitrogen and oxygen atoms in total. The average molecular weight is 501 g/mol. The van der Waals surface area contributed by atoms with Crippen LogP contribution in [0.4, 0.5) is 5.69 Å². The summed E-state index contributed by atoms with van der Waals surface area (Å²) in [5, 5.41) is 12.1. The monoisotopic (exact) mass is 500 g/mol. The number of halogens is 1. The molecule has 0 aliphatic rings. The SMILES string of the molecule is C=CCn1c(COc2cc(C)cc(C)c2)nnc1SCC(=O)Nc1ccc(C)cc1Br. The summed E-state index contributed by atoms with van der Waals surface area (Å²) in [5.74, 6) is 1.58. The van der Waals surface area contributed by atoms with Gasteiger partial charge in [-0.15, -0.1) is 16.8 Å². The van der Waals surface area contributed by atoms with Gasteiger partial charge in [0.25, 0.3) is 0 Å². The van der Waals surface area contributed by atoms with Crippen molar-refractivity contribution in [3.8, 4) is 5.75 Å². The van der Waals surface area contributed by atoms with Gasteiger partial charge in [-0.05, 0) is 77.7 Å². The number of anilines is 1. The Morgan fingerprint density at radius 1 is 1.16 bits per heavy atom. The van der Waals surface area contributed by atoms with Crippen molar-refractivity contribution in [2.45, 2.75) is 39.1 Å². The average Bonchev–Trinajstić information content (AvgIpc) is 3.08. The molecule has 1 amide bonds. The van der Waals surface area contributed by atoms with E-state index < -0.39 is 0 Å². The second-order valence-electron chi connectivity index (χ2n) is 7.23. The number of carbonyl (C=O) groups is 1. The van der Waals surface area contributed by atoms with Crippen molar-refractivity contribution < 1.29 is 9.53 Å². The minimum absolute atomic E-state index is 0.115. The van der Waals surface area contributed by atoms with E-state index in [0.29, 0.717) is 17.5 Å². The molecule has 3 aromatic rings. The number of rotatable bonds is 9. The Hall–Kier alpha value is -2.58. The topological polar surface area (TPSA) is 69.0 Å². The van der Waals surface area contributed by atoms with E-state index in [1.807, 2.05) is 55.7 Å². The molecule has 1 heterocycles. The highest BCUT2D eigenvalue weighted by molar-refractivity contribution is 9.10. The molecule has 0 unspecified atom stereocenters. The van der Waals surface area contributed by atoms with Crippen molar-refractivity contribution in [3.05, 3.63) is 76.0 Å². The van der Waals surface area contributed by atoms with E-state index >= 15 is 0 Å². The molecular weight excluding hydrogens is 476 g/mol. The Morgan fingerprint density at radius 2 is 1.90 bits per heavy atom. The summed E-state index contributed by atoms with van der Waals surface area (Å²) in [5.41, 5.74) is 4.15. The molecular formula is C23H25BrN4O2S. The Balaban J connectivity index is 1.64. The number of amides is 1. The lowest BCUT2D eigenvalue weighted by molar-refractivity contribution is -0.113. The second-order valence-corrected chi connectivity index (χ2v) is 9.03. The van der Waals surface area contributed by atoms with Crippen LogP contribution < -0.4 is 10.1 Å². The van der Waals surface area contributed by atoms with Crippen LogP contribution in [0.3, 0.4) is 0 Å². The number of benzene rings is 2. The number of nitrogens with one attached hydrogen (secondary N) is 1. The zero-order valence-electron chi connectivity index (χ0n) is 17.8. The first-order chi connectivity index (χ1) is 14.9. The van der Waals surface area contributed by atoms with Gasteiger partial charge in [0.15, 0.2) is 11.0 Å². The molecule has 0 fully saturated rings. The molecule has 0 aliphatic carbocycles.